The Morgan fingerprint density at radius 1 is 1.21 bits per heavy atom. The van der Waals surface area contributed by atoms with E-state index in [1.807, 2.05) is 25.1 Å². The molecule has 1 aromatic heterocycles. The van der Waals surface area contributed by atoms with Crippen molar-refractivity contribution in [2.24, 2.45) is 5.92 Å². The van der Waals surface area contributed by atoms with Crippen LogP contribution in [0.4, 0.5) is 0 Å². The Labute approximate surface area is 115 Å². The van der Waals surface area contributed by atoms with Gasteiger partial charge in [-0.3, -0.25) is 4.98 Å². The van der Waals surface area contributed by atoms with Gasteiger partial charge in [-0.25, -0.2) is 0 Å². The van der Waals surface area contributed by atoms with Crippen molar-refractivity contribution in [1.82, 2.24) is 4.98 Å². The molecule has 100 valence electrons. The van der Waals surface area contributed by atoms with Gasteiger partial charge in [0.1, 0.15) is 6.10 Å². The lowest BCUT2D eigenvalue weighted by atomic mass is 9.95. The van der Waals surface area contributed by atoms with Gasteiger partial charge in [-0.05, 0) is 47.6 Å². The molecule has 0 aliphatic carbocycles. The number of pyridine rings is 1. The number of hydrogen-bond donors (Lipinski definition) is 1. The van der Waals surface area contributed by atoms with Crippen molar-refractivity contribution < 1.29 is 5.11 Å². The summed E-state index contributed by atoms with van der Waals surface area (Å²) in [5, 5.41) is 10.5. The van der Waals surface area contributed by atoms with Crippen LogP contribution in [0.1, 0.15) is 42.2 Å². The molecule has 0 fully saturated rings. The van der Waals surface area contributed by atoms with Crippen LogP contribution in [0, 0.1) is 12.8 Å². The maximum absolute atomic E-state index is 10.5. The predicted octanol–water partition coefficient (Wildman–Crippen LogP) is 3.67. The number of aliphatic hydroxyl groups excluding tert-OH is 1. The van der Waals surface area contributed by atoms with Gasteiger partial charge in [0.05, 0.1) is 0 Å². The zero-order chi connectivity index (χ0) is 13.8. The fraction of sp³-hybridized carbons (Fsp3) is 0.353. The molecule has 0 saturated carbocycles. The average Bonchev–Trinajstić information content (AvgIpc) is 2.38. The molecular formula is C17H21NO. The van der Waals surface area contributed by atoms with Crippen LogP contribution in [0.3, 0.4) is 0 Å². The third-order valence-electron chi connectivity index (χ3n) is 3.27. The number of hydrogen-bond acceptors (Lipinski definition) is 2. The molecule has 2 aromatic rings. The van der Waals surface area contributed by atoms with E-state index in [4.69, 9.17) is 0 Å². The predicted molar refractivity (Wildman–Crippen MR) is 78.0 cm³/mol. The first kappa shape index (κ1) is 13.8. The lowest BCUT2D eigenvalue weighted by Crippen LogP contribution is -2.03. The molecule has 0 saturated heterocycles. The number of aliphatic hydroxyl groups is 1. The third kappa shape index (κ3) is 3.42. The second-order valence-electron chi connectivity index (χ2n) is 5.48. The lowest BCUT2D eigenvalue weighted by molar-refractivity contribution is 0.219. The number of aromatic nitrogens is 1. The molecule has 1 atom stereocenters. The van der Waals surface area contributed by atoms with Gasteiger partial charge in [-0.1, -0.05) is 38.1 Å². The number of rotatable bonds is 4. The van der Waals surface area contributed by atoms with Crippen molar-refractivity contribution in [3.05, 3.63) is 65.0 Å². The Morgan fingerprint density at radius 3 is 2.68 bits per heavy atom. The first-order valence-electron chi connectivity index (χ1n) is 6.75. The van der Waals surface area contributed by atoms with Gasteiger partial charge in [0.25, 0.3) is 0 Å². The SMILES string of the molecule is Cc1cnccc1C(O)c1cccc(CC(C)C)c1. The summed E-state index contributed by atoms with van der Waals surface area (Å²) in [4.78, 5) is 4.07. The minimum atomic E-state index is -0.574. The molecule has 0 aliphatic heterocycles. The molecular weight excluding hydrogens is 234 g/mol. The number of benzene rings is 1. The highest BCUT2D eigenvalue weighted by Crippen LogP contribution is 2.25. The van der Waals surface area contributed by atoms with E-state index in [9.17, 15) is 5.11 Å². The summed E-state index contributed by atoms with van der Waals surface area (Å²) >= 11 is 0. The van der Waals surface area contributed by atoms with Gasteiger partial charge in [0.15, 0.2) is 0 Å². The minimum Gasteiger partial charge on any atom is -0.384 e. The van der Waals surface area contributed by atoms with E-state index >= 15 is 0 Å². The molecule has 1 N–H and O–H groups in total. The summed E-state index contributed by atoms with van der Waals surface area (Å²) in [6.45, 7) is 6.38. The van der Waals surface area contributed by atoms with Crippen LogP contribution in [0.5, 0.6) is 0 Å². The van der Waals surface area contributed by atoms with Gasteiger partial charge in [-0.15, -0.1) is 0 Å². The number of aryl methyl sites for hydroxylation is 1. The van der Waals surface area contributed by atoms with Crippen molar-refractivity contribution in [3.63, 3.8) is 0 Å². The molecule has 2 nitrogen and oxygen atoms in total. The Hall–Kier alpha value is -1.67. The summed E-state index contributed by atoms with van der Waals surface area (Å²) in [6.07, 6.45) is 3.98. The Bertz CT molecular complexity index is 548. The molecule has 1 heterocycles. The summed E-state index contributed by atoms with van der Waals surface area (Å²) in [7, 11) is 0. The van der Waals surface area contributed by atoms with E-state index in [0.29, 0.717) is 5.92 Å². The first-order valence-corrected chi connectivity index (χ1v) is 6.75. The van der Waals surface area contributed by atoms with Crippen LogP contribution >= 0.6 is 0 Å². The van der Waals surface area contributed by atoms with Crippen LogP contribution in [0.2, 0.25) is 0 Å². The second-order valence-corrected chi connectivity index (χ2v) is 5.48. The van der Waals surface area contributed by atoms with Crippen molar-refractivity contribution in [2.45, 2.75) is 33.3 Å². The van der Waals surface area contributed by atoms with Crippen molar-refractivity contribution in [2.75, 3.05) is 0 Å². The summed E-state index contributed by atoms with van der Waals surface area (Å²) in [5.41, 5.74) is 4.17. The second kappa shape index (κ2) is 5.98. The summed E-state index contributed by atoms with van der Waals surface area (Å²) < 4.78 is 0. The molecule has 1 aromatic carbocycles. The maximum Gasteiger partial charge on any atom is 0.104 e. The van der Waals surface area contributed by atoms with E-state index in [-0.39, 0.29) is 0 Å². The Kier molecular flexibility index (Phi) is 4.33. The molecule has 0 spiro atoms. The highest BCUT2D eigenvalue weighted by Gasteiger charge is 2.13. The van der Waals surface area contributed by atoms with Crippen LogP contribution in [0.25, 0.3) is 0 Å². The topological polar surface area (TPSA) is 33.1 Å². The maximum atomic E-state index is 10.5. The summed E-state index contributed by atoms with van der Waals surface area (Å²) in [6, 6.07) is 10.1. The van der Waals surface area contributed by atoms with Gasteiger partial charge in [0.2, 0.25) is 0 Å². The molecule has 0 radical (unpaired) electrons. The average molecular weight is 255 g/mol. The highest BCUT2D eigenvalue weighted by molar-refractivity contribution is 5.35. The normalized spacial score (nSPS) is 12.7. The fourth-order valence-corrected chi connectivity index (χ4v) is 2.33. The Balaban J connectivity index is 2.29. The zero-order valence-corrected chi connectivity index (χ0v) is 11.8. The van der Waals surface area contributed by atoms with E-state index in [1.54, 1.807) is 12.4 Å². The van der Waals surface area contributed by atoms with E-state index in [0.717, 1.165) is 23.1 Å². The van der Waals surface area contributed by atoms with Crippen LogP contribution < -0.4 is 0 Å². The molecule has 2 heteroatoms. The molecule has 0 amide bonds. The molecule has 2 rings (SSSR count). The van der Waals surface area contributed by atoms with Gasteiger partial charge in [0, 0.05) is 12.4 Å². The van der Waals surface area contributed by atoms with Gasteiger partial charge in [-0.2, -0.15) is 0 Å². The first-order chi connectivity index (χ1) is 9.08. The molecule has 0 bridgehead atoms. The quantitative estimate of drug-likeness (QED) is 0.904. The minimum absolute atomic E-state index is 0.574. The van der Waals surface area contributed by atoms with Crippen LogP contribution in [-0.2, 0) is 6.42 Å². The highest BCUT2D eigenvalue weighted by atomic mass is 16.3. The van der Waals surface area contributed by atoms with Gasteiger partial charge >= 0.3 is 0 Å². The largest absolute Gasteiger partial charge is 0.384 e. The smallest absolute Gasteiger partial charge is 0.104 e. The molecule has 0 aliphatic rings. The fourth-order valence-electron chi connectivity index (χ4n) is 2.33. The standard InChI is InChI=1S/C17H21NO/c1-12(2)9-14-5-4-6-15(10-14)17(19)16-7-8-18-11-13(16)3/h4-8,10-12,17,19H,9H2,1-3H3. The van der Waals surface area contributed by atoms with E-state index in [1.165, 1.54) is 5.56 Å². The number of nitrogens with zero attached hydrogens (tertiary/aromatic N) is 1. The Morgan fingerprint density at radius 2 is 2.00 bits per heavy atom. The van der Waals surface area contributed by atoms with Gasteiger partial charge < -0.3 is 5.11 Å². The van der Waals surface area contributed by atoms with Crippen molar-refractivity contribution in [1.29, 1.82) is 0 Å². The monoisotopic (exact) mass is 255 g/mol. The van der Waals surface area contributed by atoms with Crippen molar-refractivity contribution >= 4 is 0 Å². The van der Waals surface area contributed by atoms with Crippen molar-refractivity contribution in [3.8, 4) is 0 Å². The van der Waals surface area contributed by atoms with Crippen LogP contribution in [0.15, 0.2) is 42.7 Å². The van der Waals surface area contributed by atoms with Crippen LogP contribution in [-0.4, -0.2) is 10.1 Å². The third-order valence-corrected chi connectivity index (χ3v) is 3.27. The zero-order valence-electron chi connectivity index (χ0n) is 11.8. The molecule has 1 unspecified atom stereocenters. The lowest BCUT2D eigenvalue weighted by Gasteiger charge is -2.15. The summed E-state index contributed by atoms with van der Waals surface area (Å²) in [5.74, 6) is 0.620. The van der Waals surface area contributed by atoms with E-state index in [2.05, 4.69) is 31.0 Å². The van der Waals surface area contributed by atoms with E-state index < -0.39 is 6.10 Å². The molecule has 19 heavy (non-hydrogen) atoms.